The minimum Gasteiger partial charge on any atom is -0.494 e. The Morgan fingerprint density at radius 3 is 2.62 bits per heavy atom. The fourth-order valence-corrected chi connectivity index (χ4v) is 5.23. The number of carbonyl (C=O) groups is 2. The number of pyridine rings is 1. The molecule has 13 heteroatoms. The number of hydrogen-bond donors (Lipinski definition) is 4. The van der Waals surface area contributed by atoms with Crippen LogP contribution >= 0.6 is 0 Å². The molecule has 1 aliphatic carbocycles. The first-order valence-corrected chi connectivity index (χ1v) is 15.4. The van der Waals surface area contributed by atoms with E-state index >= 15 is 0 Å². The van der Waals surface area contributed by atoms with Gasteiger partial charge >= 0.3 is 0 Å². The van der Waals surface area contributed by atoms with Crippen molar-refractivity contribution in [3.63, 3.8) is 0 Å². The lowest BCUT2D eigenvalue weighted by Crippen LogP contribution is -2.47. The van der Waals surface area contributed by atoms with Crippen molar-refractivity contribution in [1.29, 1.82) is 0 Å². The summed E-state index contributed by atoms with van der Waals surface area (Å²) in [6.07, 6.45) is 5.53. The van der Waals surface area contributed by atoms with Gasteiger partial charge in [0.2, 0.25) is 5.91 Å². The van der Waals surface area contributed by atoms with E-state index in [1.807, 2.05) is 53.5 Å². The van der Waals surface area contributed by atoms with E-state index in [-0.39, 0.29) is 29.4 Å². The van der Waals surface area contributed by atoms with Gasteiger partial charge in [0.1, 0.15) is 17.0 Å². The normalized spacial score (nSPS) is 14.8. The van der Waals surface area contributed by atoms with E-state index in [2.05, 4.69) is 53.0 Å². The van der Waals surface area contributed by atoms with Crippen LogP contribution in [0.5, 0.6) is 5.75 Å². The minimum atomic E-state index is -1.07. The van der Waals surface area contributed by atoms with Gasteiger partial charge in [-0.05, 0) is 50.8 Å². The zero-order valence-electron chi connectivity index (χ0n) is 26.7. The molecule has 2 fully saturated rings. The van der Waals surface area contributed by atoms with Gasteiger partial charge < -0.3 is 25.8 Å². The first kappa shape index (κ1) is 31.7. The van der Waals surface area contributed by atoms with Crippen LogP contribution in [0.4, 0.5) is 17.2 Å². The molecule has 1 saturated carbocycles. The molecule has 4 heterocycles. The molecule has 0 spiro atoms. The Labute approximate surface area is 272 Å². The third-order valence-corrected chi connectivity index (χ3v) is 7.84. The van der Waals surface area contributed by atoms with Crippen molar-refractivity contribution in [3.8, 4) is 28.7 Å². The molecule has 4 N–H and O–H groups in total. The monoisotopic (exact) mass is 635 g/mol. The number of amides is 2. The summed E-state index contributed by atoms with van der Waals surface area (Å²) in [6.45, 7) is 5.62. The Bertz CT molecular complexity index is 1860. The van der Waals surface area contributed by atoms with Gasteiger partial charge in [-0.15, -0.1) is 10.2 Å². The zero-order valence-corrected chi connectivity index (χ0v) is 26.7. The predicted molar refractivity (Wildman–Crippen MR) is 176 cm³/mol. The molecule has 0 radical (unpaired) electrons. The highest BCUT2D eigenvalue weighted by Crippen LogP contribution is 2.39. The number of para-hydroxylation sites is 1. The van der Waals surface area contributed by atoms with Crippen LogP contribution in [0.1, 0.15) is 54.6 Å². The van der Waals surface area contributed by atoms with Crippen molar-refractivity contribution in [1.82, 2.24) is 35.2 Å². The summed E-state index contributed by atoms with van der Waals surface area (Å²) in [5, 5.41) is 31.3. The van der Waals surface area contributed by atoms with Crippen LogP contribution in [0.2, 0.25) is 0 Å². The van der Waals surface area contributed by atoms with Gasteiger partial charge in [-0.2, -0.15) is 5.10 Å². The Kier molecular flexibility index (Phi) is 8.88. The number of aliphatic hydroxyl groups is 1. The highest BCUT2D eigenvalue weighted by atomic mass is 16.5. The maximum atomic E-state index is 12.6. The number of rotatable bonds is 10. The van der Waals surface area contributed by atoms with Crippen molar-refractivity contribution >= 4 is 29.0 Å². The van der Waals surface area contributed by atoms with E-state index in [9.17, 15) is 14.7 Å². The van der Waals surface area contributed by atoms with Crippen LogP contribution in [-0.4, -0.2) is 79.6 Å². The molecule has 47 heavy (non-hydrogen) atoms. The van der Waals surface area contributed by atoms with Crippen molar-refractivity contribution in [2.45, 2.75) is 44.9 Å². The van der Waals surface area contributed by atoms with Gasteiger partial charge in [0, 0.05) is 56.0 Å². The largest absolute Gasteiger partial charge is 0.494 e. The van der Waals surface area contributed by atoms with E-state index in [0.29, 0.717) is 29.4 Å². The topological polar surface area (TPSA) is 159 Å². The molecule has 0 atom stereocenters. The molecular formula is C34H37N9O4. The third-order valence-electron chi connectivity index (χ3n) is 7.84. The molecule has 3 aromatic heterocycles. The van der Waals surface area contributed by atoms with Crippen molar-refractivity contribution < 1.29 is 19.4 Å². The summed E-state index contributed by atoms with van der Waals surface area (Å²) in [5.41, 5.74) is 3.23. The zero-order chi connectivity index (χ0) is 33.1. The highest BCUT2D eigenvalue weighted by Gasteiger charge is 2.31. The fraction of sp³-hybridized carbons (Fsp3) is 0.353. The first-order chi connectivity index (χ1) is 22.6. The fourth-order valence-electron chi connectivity index (χ4n) is 5.23. The molecule has 0 unspecified atom stereocenters. The first-order valence-electron chi connectivity index (χ1n) is 15.4. The maximum absolute atomic E-state index is 12.6. The standard InChI is InChI=1S/C34H37N9O4/c1-34(2,46)14-13-23-7-5-8-24(37-23)18-42-19-25(20-42)43-17-22(16-36-43)26-9-6-10-27(31(26)47-4)38-28-15-29(39-32(44)21-11-12-21)40-41-30(28)33(45)35-3/h5-10,15-17,21,25,46H,11-12,18-20H2,1-4H3,(H,35,45)(H2,38,39,40,44). The lowest BCUT2D eigenvalue weighted by Gasteiger charge is -2.39. The molecule has 1 saturated heterocycles. The second-order valence-corrected chi connectivity index (χ2v) is 12.2. The molecule has 242 valence electrons. The van der Waals surface area contributed by atoms with E-state index in [1.165, 1.54) is 7.05 Å². The van der Waals surface area contributed by atoms with Crippen molar-refractivity contribution in [2.75, 3.05) is 37.9 Å². The Morgan fingerprint density at radius 1 is 1.11 bits per heavy atom. The molecule has 0 bridgehead atoms. The number of hydrogen-bond acceptors (Lipinski definition) is 10. The molecular weight excluding hydrogens is 598 g/mol. The number of anilines is 3. The smallest absolute Gasteiger partial charge is 0.273 e. The lowest BCUT2D eigenvalue weighted by atomic mass is 10.1. The lowest BCUT2D eigenvalue weighted by molar-refractivity contribution is -0.117. The Morgan fingerprint density at radius 2 is 1.89 bits per heavy atom. The summed E-state index contributed by atoms with van der Waals surface area (Å²) in [7, 11) is 3.10. The molecule has 6 rings (SSSR count). The van der Waals surface area contributed by atoms with E-state index in [0.717, 1.165) is 42.8 Å². The quantitative estimate of drug-likeness (QED) is 0.190. The number of aromatic nitrogens is 5. The van der Waals surface area contributed by atoms with Gasteiger partial charge in [0.25, 0.3) is 5.91 Å². The molecule has 1 aliphatic heterocycles. The van der Waals surface area contributed by atoms with E-state index in [4.69, 9.17) is 4.74 Å². The average molecular weight is 636 g/mol. The number of benzene rings is 1. The van der Waals surface area contributed by atoms with Crippen LogP contribution < -0.4 is 20.7 Å². The van der Waals surface area contributed by atoms with Crippen molar-refractivity contribution in [2.24, 2.45) is 5.92 Å². The van der Waals surface area contributed by atoms with Crippen LogP contribution in [0.25, 0.3) is 11.1 Å². The third kappa shape index (κ3) is 7.57. The summed E-state index contributed by atoms with van der Waals surface area (Å²) < 4.78 is 7.83. The summed E-state index contributed by atoms with van der Waals surface area (Å²) in [6, 6.07) is 13.2. The van der Waals surface area contributed by atoms with Gasteiger partial charge in [-0.3, -0.25) is 19.2 Å². The predicted octanol–water partition coefficient (Wildman–Crippen LogP) is 3.37. The average Bonchev–Trinajstić information content (AvgIpc) is 3.78. The molecule has 13 nitrogen and oxygen atoms in total. The van der Waals surface area contributed by atoms with Gasteiger partial charge in [-0.25, -0.2) is 4.98 Å². The van der Waals surface area contributed by atoms with Crippen LogP contribution in [0.3, 0.4) is 0 Å². The second-order valence-electron chi connectivity index (χ2n) is 12.2. The van der Waals surface area contributed by atoms with E-state index in [1.54, 1.807) is 27.0 Å². The summed E-state index contributed by atoms with van der Waals surface area (Å²) in [4.78, 5) is 31.9. The summed E-state index contributed by atoms with van der Waals surface area (Å²) >= 11 is 0. The number of ether oxygens (including phenoxy) is 1. The second kappa shape index (κ2) is 13.2. The number of nitrogens with one attached hydrogen (secondary N) is 3. The summed E-state index contributed by atoms with van der Waals surface area (Å²) in [5.74, 6) is 6.03. The van der Waals surface area contributed by atoms with E-state index < -0.39 is 11.5 Å². The molecule has 2 amide bonds. The van der Waals surface area contributed by atoms with Crippen molar-refractivity contribution in [3.05, 3.63) is 71.9 Å². The van der Waals surface area contributed by atoms with Gasteiger partial charge in [0.05, 0.1) is 36.4 Å². The van der Waals surface area contributed by atoms with Crippen LogP contribution in [-0.2, 0) is 11.3 Å². The Balaban J connectivity index is 1.16. The maximum Gasteiger partial charge on any atom is 0.273 e. The van der Waals surface area contributed by atoms with Crippen LogP contribution in [0.15, 0.2) is 54.9 Å². The van der Waals surface area contributed by atoms with Gasteiger partial charge in [-0.1, -0.05) is 24.1 Å². The molecule has 2 aliphatic rings. The van der Waals surface area contributed by atoms with Crippen LogP contribution in [0, 0.1) is 17.8 Å². The minimum absolute atomic E-state index is 0.00671. The SMILES string of the molecule is CNC(=O)c1nnc(NC(=O)C2CC2)cc1Nc1cccc(-c2cnn(C3CN(Cc4cccc(C#CC(C)(C)O)n4)C3)c2)c1OC. The number of nitrogens with zero attached hydrogens (tertiary/aromatic N) is 6. The van der Waals surface area contributed by atoms with Gasteiger partial charge in [0.15, 0.2) is 11.5 Å². The molecule has 1 aromatic carbocycles. The highest BCUT2D eigenvalue weighted by molar-refractivity contribution is 6.00. The number of carbonyl (C=O) groups excluding carboxylic acids is 2. The Hall–Kier alpha value is -5.32. The molecule has 4 aromatic rings. The number of likely N-dealkylation sites (tertiary alicyclic amines) is 1. The number of methoxy groups -OCH3 is 1.